The number of ether oxygens (including phenoxy) is 1. The first-order valence-electron chi connectivity index (χ1n) is 9.20. The average Bonchev–Trinajstić information content (AvgIpc) is 3.28. The van der Waals surface area contributed by atoms with E-state index in [2.05, 4.69) is 9.97 Å². The molecule has 1 unspecified atom stereocenters. The van der Waals surface area contributed by atoms with Crippen LogP contribution in [0, 0.1) is 6.92 Å². The van der Waals surface area contributed by atoms with Crippen LogP contribution in [-0.2, 0) is 4.74 Å². The lowest BCUT2D eigenvalue weighted by Crippen LogP contribution is -2.16. The minimum absolute atomic E-state index is 0.0364. The van der Waals surface area contributed by atoms with Crippen molar-refractivity contribution in [2.75, 3.05) is 0 Å². The second-order valence-corrected chi connectivity index (χ2v) is 6.77. The number of aryl methyl sites for hydroxylation is 1. The van der Waals surface area contributed by atoms with Crippen molar-refractivity contribution in [1.29, 1.82) is 0 Å². The molecular formula is C21H18F2N4O3. The highest BCUT2D eigenvalue weighted by Crippen LogP contribution is 2.28. The summed E-state index contributed by atoms with van der Waals surface area (Å²) >= 11 is 0. The van der Waals surface area contributed by atoms with Crippen molar-refractivity contribution in [3.05, 3.63) is 82.3 Å². The number of rotatable bonds is 5. The third-order valence-corrected chi connectivity index (χ3v) is 4.79. The van der Waals surface area contributed by atoms with E-state index in [1.165, 1.54) is 29.7 Å². The molecule has 30 heavy (non-hydrogen) atoms. The Morgan fingerprint density at radius 3 is 2.47 bits per heavy atom. The van der Waals surface area contributed by atoms with Crippen LogP contribution in [0.3, 0.4) is 0 Å². The first kappa shape index (κ1) is 19.6. The zero-order valence-corrected chi connectivity index (χ0v) is 16.2. The van der Waals surface area contributed by atoms with Crippen LogP contribution in [0.4, 0.5) is 8.78 Å². The summed E-state index contributed by atoms with van der Waals surface area (Å²) in [6.07, 6.45) is 0.592. The Balaban J connectivity index is 1.58. The zero-order chi connectivity index (χ0) is 21.4. The third-order valence-electron chi connectivity index (χ3n) is 4.79. The molecule has 0 aliphatic heterocycles. The number of nitrogens with one attached hydrogen (secondary N) is 1. The highest BCUT2D eigenvalue weighted by atomic mass is 19.3. The van der Waals surface area contributed by atoms with Crippen LogP contribution in [0.2, 0.25) is 0 Å². The Morgan fingerprint density at radius 1 is 1.13 bits per heavy atom. The topological polar surface area (TPSA) is 81.9 Å². The lowest BCUT2D eigenvalue weighted by atomic mass is 10.2. The van der Waals surface area contributed by atoms with Crippen molar-refractivity contribution in [3.63, 3.8) is 0 Å². The number of aromatic nitrogens is 4. The molecule has 0 radical (unpaired) electrons. The van der Waals surface area contributed by atoms with Gasteiger partial charge in [0.15, 0.2) is 11.9 Å². The van der Waals surface area contributed by atoms with E-state index >= 15 is 0 Å². The predicted octanol–water partition coefficient (Wildman–Crippen LogP) is 4.14. The normalized spacial score (nSPS) is 12.4. The molecule has 7 nitrogen and oxygen atoms in total. The number of aromatic amines is 1. The van der Waals surface area contributed by atoms with Gasteiger partial charge in [0.2, 0.25) is 0 Å². The van der Waals surface area contributed by atoms with Crippen molar-refractivity contribution in [2.45, 2.75) is 26.5 Å². The van der Waals surface area contributed by atoms with Crippen molar-refractivity contribution >= 4 is 17.0 Å². The van der Waals surface area contributed by atoms with E-state index in [9.17, 15) is 18.4 Å². The number of hydrogen-bond donors (Lipinski definition) is 1. The van der Waals surface area contributed by atoms with Gasteiger partial charge in [-0.25, -0.2) is 14.6 Å². The van der Waals surface area contributed by atoms with E-state index in [-0.39, 0.29) is 22.6 Å². The fourth-order valence-electron chi connectivity index (χ4n) is 3.36. The van der Waals surface area contributed by atoms with Gasteiger partial charge in [0, 0.05) is 11.9 Å². The molecule has 0 bridgehead atoms. The minimum Gasteiger partial charge on any atom is -0.451 e. The molecule has 154 valence electrons. The first-order chi connectivity index (χ1) is 14.4. The second kappa shape index (κ2) is 7.58. The van der Waals surface area contributed by atoms with Crippen molar-refractivity contribution in [1.82, 2.24) is 19.1 Å². The smallest absolute Gasteiger partial charge is 0.338 e. The molecule has 0 aliphatic carbocycles. The van der Waals surface area contributed by atoms with Crippen LogP contribution in [0.1, 0.15) is 41.5 Å². The maximum atomic E-state index is 13.6. The summed E-state index contributed by atoms with van der Waals surface area (Å²) in [5.74, 6) is -0.717. The Bertz CT molecular complexity index is 1270. The van der Waals surface area contributed by atoms with Gasteiger partial charge in [-0.3, -0.25) is 9.13 Å². The number of carbonyl (C=O) groups excluding carboxylic acids is 1. The van der Waals surface area contributed by atoms with Gasteiger partial charge >= 0.3 is 18.2 Å². The summed E-state index contributed by atoms with van der Waals surface area (Å²) in [6.45, 7) is 0.446. The summed E-state index contributed by atoms with van der Waals surface area (Å²) in [6, 6.07) is 12.7. The number of H-pyrrole nitrogens is 1. The fraction of sp³-hybridized carbons (Fsp3) is 0.190. The molecule has 0 saturated heterocycles. The predicted molar refractivity (Wildman–Crippen MR) is 106 cm³/mol. The Kier molecular flexibility index (Phi) is 4.94. The van der Waals surface area contributed by atoms with Gasteiger partial charge in [0.1, 0.15) is 0 Å². The van der Waals surface area contributed by atoms with E-state index in [1.807, 2.05) is 0 Å². The molecule has 0 amide bonds. The van der Waals surface area contributed by atoms with Crippen LogP contribution in [0.15, 0.2) is 59.5 Å². The largest absolute Gasteiger partial charge is 0.451 e. The summed E-state index contributed by atoms with van der Waals surface area (Å²) in [7, 11) is 0. The van der Waals surface area contributed by atoms with E-state index in [1.54, 1.807) is 43.5 Å². The molecule has 1 N–H and O–H groups in total. The van der Waals surface area contributed by atoms with Crippen LogP contribution in [0.5, 0.6) is 0 Å². The van der Waals surface area contributed by atoms with Crippen LogP contribution >= 0.6 is 0 Å². The Morgan fingerprint density at radius 2 is 1.83 bits per heavy atom. The van der Waals surface area contributed by atoms with E-state index < -0.39 is 18.6 Å². The SMILES string of the molecule is Cc1c[nH]c(=O)n1-c1ccc(C(=O)OC(C)c2nc3ccccc3n2C(F)F)cc1. The maximum Gasteiger partial charge on any atom is 0.338 e. The first-order valence-corrected chi connectivity index (χ1v) is 9.20. The van der Waals surface area contributed by atoms with Crippen molar-refractivity contribution in [3.8, 4) is 5.69 Å². The number of halogens is 2. The molecule has 4 aromatic rings. The number of esters is 1. The van der Waals surface area contributed by atoms with E-state index in [0.717, 1.165) is 10.3 Å². The molecule has 4 rings (SSSR count). The molecule has 0 spiro atoms. The summed E-state index contributed by atoms with van der Waals surface area (Å²) in [5, 5.41) is 0. The van der Waals surface area contributed by atoms with Gasteiger partial charge in [0.05, 0.1) is 22.3 Å². The highest BCUT2D eigenvalue weighted by molar-refractivity contribution is 5.89. The molecule has 0 fully saturated rings. The number of benzene rings is 2. The second-order valence-electron chi connectivity index (χ2n) is 6.77. The van der Waals surface area contributed by atoms with Gasteiger partial charge < -0.3 is 9.72 Å². The number of fused-ring (bicyclic) bond motifs is 1. The minimum atomic E-state index is -2.82. The molecule has 2 aromatic heterocycles. The number of imidazole rings is 2. The van der Waals surface area contributed by atoms with Crippen molar-refractivity contribution in [2.24, 2.45) is 0 Å². The van der Waals surface area contributed by atoms with E-state index in [0.29, 0.717) is 11.2 Å². The highest BCUT2D eigenvalue weighted by Gasteiger charge is 2.24. The molecule has 9 heteroatoms. The monoisotopic (exact) mass is 412 g/mol. The number of hydrogen-bond acceptors (Lipinski definition) is 4. The van der Waals surface area contributed by atoms with E-state index in [4.69, 9.17) is 4.74 Å². The zero-order valence-electron chi connectivity index (χ0n) is 16.2. The van der Waals surface area contributed by atoms with Gasteiger partial charge in [-0.1, -0.05) is 12.1 Å². The number of carbonyl (C=O) groups is 1. The lowest BCUT2D eigenvalue weighted by Gasteiger charge is -2.15. The van der Waals surface area contributed by atoms with Crippen LogP contribution in [-0.4, -0.2) is 25.1 Å². The number of para-hydroxylation sites is 2. The van der Waals surface area contributed by atoms with Gasteiger partial charge in [0.25, 0.3) is 0 Å². The molecule has 1 atom stereocenters. The quantitative estimate of drug-likeness (QED) is 0.500. The molecule has 0 aliphatic rings. The fourth-order valence-corrected chi connectivity index (χ4v) is 3.36. The lowest BCUT2D eigenvalue weighted by molar-refractivity contribution is 0.0233. The number of nitrogens with zero attached hydrogens (tertiary/aromatic N) is 3. The Labute approximate surface area is 169 Å². The molecule has 2 heterocycles. The van der Waals surface area contributed by atoms with Gasteiger partial charge in [-0.05, 0) is 50.2 Å². The number of alkyl halides is 2. The third kappa shape index (κ3) is 3.38. The summed E-state index contributed by atoms with van der Waals surface area (Å²) in [5.41, 5.74) is 1.90. The van der Waals surface area contributed by atoms with Gasteiger partial charge in [-0.15, -0.1) is 0 Å². The summed E-state index contributed by atoms with van der Waals surface area (Å²) in [4.78, 5) is 31.2. The maximum absolute atomic E-state index is 13.6. The average molecular weight is 412 g/mol. The van der Waals surface area contributed by atoms with Crippen molar-refractivity contribution < 1.29 is 18.3 Å². The van der Waals surface area contributed by atoms with Gasteiger partial charge in [-0.2, -0.15) is 8.78 Å². The molecular weight excluding hydrogens is 394 g/mol. The summed E-state index contributed by atoms with van der Waals surface area (Å²) < 4.78 is 34.8. The van der Waals surface area contributed by atoms with Crippen LogP contribution < -0.4 is 5.69 Å². The van der Waals surface area contributed by atoms with Crippen LogP contribution in [0.25, 0.3) is 16.7 Å². The molecule has 2 aromatic carbocycles. The Hall–Kier alpha value is -3.75. The standard InChI is InChI=1S/C21H18F2N4O3/c1-12-11-24-21(29)26(12)15-9-7-14(8-10-15)19(28)30-13(2)18-25-16-5-3-4-6-17(16)27(18)20(22)23/h3-11,13,20H,1-2H3,(H,24,29). The molecule has 0 saturated carbocycles.